The van der Waals surface area contributed by atoms with Gasteiger partial charge < -0.3 is 4.57 Å². The molecule has 0 saturated heterocycles. The van der Waals surface area contributed by atoms with Crippen LogP contribution in [-0.4, -0.2) is 18.0 Å². The van der Waals surface area contributed by atoms with Crippen molar-refractivity contribution in [1.82, 2.24) is 9.55 Å². The van der Waals surface area contributed by atoms with E-state index in [0.29, 0.717) is 5.13 Å². The predicted molar refractivity (Wildman–Crippen MR) is 52.8 cm³/mol. The first-order chi connectivity index (χ1) is 6.57. The SMILES string of the molecule is NS(=O)(=O)c1cnc(-n2cccc2)s1. The van der Waals surface area contributed by atoms with E-state index >= 15 is 0 Å². The van der Waals surface area contributed by atoms with Crippen molar-refractivity contribution in [3.8, 4) is 5.13 Å². The molecule has 0 aliphatic carbocycles. The maximum Gasteiger partial charge on any atom is 0.249 e. The van der Waals surface area contributed by atoms with Crippen molar-refractivity contribution in [2.75, 3.05) is 0 Å². The van der Waals surface area contributed by atoms with E-state index < -0.39 is 10.0 Å². The smallest absolute Gasteiger partial charge is 0.249 e. The second-order valence-electron chi connectivity index (χ2n) is 2.60. The zero-order valence-electron chi connectivity index (χ0n) is 6.99. The highest BCUT2D eigenvalue weighted by Crippen LogP contribution is 2.20. The molecular weight excluding hydrogens is 222 g/mol. The number of thiazole rings is 1. The van der Waals surface area contributed by atoms with Gasteiger partial charge in [0.1, 0.15) is 0 Å². The maximum absolute atomic E-state index is 11.0. The molecule has 0 unspecified atom stereocenters. The van der Waals surface area contributed by atoms with Gasteiger partial charge >= 0.3 is 0 Å². The van der Waals surface area contributed by atoms with E-state index in [4.69, 9.17) is 5.14 Å². The maximum atomic E-state index is 11.0. The summed E-state index contributed by atoms with van der Waals surface area (Å²) >= 11 is 1.04. The van der Waals surface area contributed by atoms with Crippen LogP contribution in [0.2, 0.25) is 0 Å². The summed E-state index contributed by atoms with van der Waals surface area (Å²) in [7, 11) is -3.63. The summed E-state index contributed by atoms with van der Waals surface area (Å²) in [6.07, 6.45) is 4.83. The van der Waals surface area contributed by atoms with Crippen molar-refractivity contribution in [3.63, 3.8) is 0 Å². The lowest BCUT2D eigenvalue weighted by Crippen LogP contribution is -2.09. The molecule has 0 radical (unpaired) electrons. The second kappa shape index (κ2) is 3.19. The molecule has 2 heterocycles. The van der Waals surface area contributed by atoms with E-state index in [1.54, 1.807) is 17.0 Å². The van der Waals surface area contributed by atoms with Crippen molar-refractivity contribution >= 4 is 21.4 Å². The van der Waals surface area contributed by atoms with E-state index in [9.17, 15) is 8.42 Å². The summed E-state index contributed by atoms with van der Waals surface area (Å²) in [4.78, 5) is 3.95. The lowest BCUT2D eigenvalue weighted by Gasteiger charge is -1.93. The van der Waals surface area contributed by atoms with Gasteiger partial charge in [-0.3, -0.25) is 0 Å². The van der Waals surface area contributed by atoms with E-state index in [-0.39, 0.29) is 4.21 Å². The van der Waals surface area contributed by atoms with E-state index in [1.807, 2.05) is 12.1 Å². The van der Waals surface area contributed by atoms with Crippen LogP contribution in [0, 0.1) is 0 Å². The van der Waals surface area contributed by atoms with Crippen LogP contribution in [0.25, 0.3) is 5.13 Å². The van der Waals surface area contributed by atoms with Gasteiger partial charge in [0.15, 0.2) is 9.34 Å². The number of rotatable bonds is 2. The van der Waals surface area contributed by atoms with Crippen LogP contribution in [0.15, 0.2) is 34.9 Å². The zero-order chi connectivity index (χ0) is 10.2. The molecule has 0 saturated carbocycles. The molecule has 0 amide bonds. The Kier molecular flexibility index (Phi) is 2.14. The highest BCUT2D eigenvalue weighted by molar-refractivity contribution is 7.91. The van der Waals surface area contributed by atoms with Gasteiger partial charge in [-0.2, -0.15) is 0 Å². The third kappa shape index (κ3) is 1.69. The average Bonchev–Trinajstić information content (AvgIpc) is 2.73. The highest BCUT2D eigenvalue weighted by Gasteiger charge is 2.12. The first-order valence-corrected chi connectivity index (χ1v) is 6.05. The highest BCUT2D eigenvalue weighted by atomic mass is 32.2. The van der Waals surface area contributed by atoms with Crippen LogP contribution >= 0.6 is 11.3 Å². The lowest BCUT2D eigenvalue weighted by atomic mass is 10.7. The fourth-order valence-electron chi connectivity index (χ4n) is 0.964. The monoisotopic (exact) mass is 229 g/mol. The molecule has 74 valence electrons. The topological polar surface area (TPSA) is 78.0 Å². The van der Waals surface area contributed by atoms with E-state index in [2.05, 4.69) is 4.98 Å². The molecule has 0 aliphatic heterocycles. The zero-order valence-corrected chi connectivity index (χ0v) is 8.62. The summed E-state index contributed by atoms with van der Waals surface area (Å²) in [5.41, 5.74) is 0. The van der Waals surface area contributed by atoms with Crippen LogP contribution in [0.5, 0.6) is 0 Å². The Morgan fingerprint density at radius 2 is 2.00 bits per heavy atom. The summed E-state index contributed by atoms with van der Waals surface area (Å²) in [6, 6.07) is 3.66. The Balaban J connectivity index is 2.46. The Morgan fingerprint density at radius 1 is 1.36 bits per heavy atom. The minimum Gasteiger partial charge on any atom is -0.300 e. The number of nitrogens with two attached hydrogens (primary N) is 1. The quantitative estimate of drug-likeness (QED) is 0.818. The van der Waals surface area contributed by atoms with Crippen LogP contribution in [-0.2, 0) is 10.0 Å². The number of sulfonamides is 1. The molecule has 2 aromatic rings. The van der Waals surface area contributed by atoms with Crippen LogP contribution in [0.1, 0.15) is 0 Å². The van der Waals surface area contributed by atoms with E-state index in [1.165, 1.54) is 6.20 Å². The third-order valence-corrected chi connectivity index (χ3v) is 4.00. The largest absolute Gasteiger partial charge is 0.300 e. The van der Waals surface area contributed by atoms with Gasteiger partial charge in [0.25, 0.3) is 0 Å². The summed E-state index contributed by atoms with van der Waals surface area (Å²) < 4.78 is 23.7. The van der Waals surface area contributed by atoms with Crippen molar-refractivity contribution in [3.05, 3.63) is 30.7 Å². The molecule has 0 aromatic carbocycles. The normalized spacial score (nSPS) is 11.8. The Bertz CT molecular complexity index is 527. The molecule has 0 fully saturated rings. The van der Waals surface area contributed by atoms with Gasteiger partial charge in [-0.15, -0.1) is 0 Å². The Hall–Kier alpha value is -1.18. The van der Waals surface area contributed by atoms with Crippen LogP contribution in [0.3, 0.4) is 0 Å². The van der Waals surface area contributed by atoms with Gasteiger partial charge in [0.05, 0.1) is 6.20 Å². The van der Waals surface area contributed by atoms with Crippen LogP contribution in [0.4, 0.5) is 0 Å². The fraction of sp³-hybridized carbons (Fsp3) is 0. The number of hydrogen-bond acceptors (Lipinski definition) is 4. The molecule has 2 aromatic heterocycles. The van der Waals surface area contributed by atoms with Crippen molar-refractivity contribution in [1.29, 1.82) is 0 Å². The third-order valence-electron chi connectivity index (χ3n) is 1.58. The number of primary sulfonamides is 1. The lowest BCUT2D eigenvalue weighted by molar-refractivity contribution is 0.599. The molecule has 2 rings (SSSR count). The van der Waals surface area contributed by atoms with Gasteiger partial charge in [-0.05, 0) is 12.1 Å². The van der Waals surface area contributed by atoms with Gasteiger partial charge in [0, 0.05) is 12.4 Å². The number of nitrogens with zero attached hydrogens (tertiary/aromatic N) is 2. The van der Waals surface area contributed by atoms with Gasteiger partial charge in [0.2, 0.25) is 10.0 Å². The molecule has 14 heavy (non-hydrogen) atoms. The van der Waals surface area contributed by atoms with Crippen molar-refractivity contribution < 1.29 is 8.42 Å². The van der Waals surface area contributed by atoms with Gasteiger partial charge in [-0.1, -0.05) is 11.3 Å². The first-order valence-electron chi connectivity index (χ1n) is 3.69. The molecule has 2 N–H and O–H groups in total. The fourth-order valence-corrected chi connectivity index (χ4v) is 2.47. The molecular formula is C7H7N3O2S2. The molecule has 7 heteroatoms. The predicted octanol–water partition coefficient (Wildman–Crippen LogP) is 0.581. The van der Waals surface area contributed by atoms with E-state index in [0.717, 1.165) is 11.3 Å². The Morgan fingerprint density at radius 3 is 2.50 bits per heavy atom. The molecule has 0 bridgehead atoms. The summed E-state index contributed by atoms with van der Waals surface area (Å²) in [5, 5.41) is 5.54. The van der Waals surface area contributed by atoms with Crippen molar-refractivity contribution in [2.45, 2.75) is 4.21 Å². The standard InChI is InChI=1S/C7H7N3O2S2/c8-14(11,12)6-5-9-7(13-6)10-3-1-2-4-10/h1-5H,(H2,8,11,12). The summed E-state index contributed by atoms with van der Waals surface area (Å²) in [5.74, 6) is 0. The first kappa shape index (κ1) is 9.38. The second-order valence-corrected chi connectivity index (χ2v) is 5.39. The van der Waals surface area contributed by atoms with Crippen molar-refractivity contribution in [2.24, 2.45) is 5.14 Å². The summed E-state index contributed by atoms with van der Waals surface area (Å²) in [6.45, 7) is 0. The Labute approximate surface area is 84.9 Å². The molecule has 5 nitrogen and oxygen atoms in total. The minimum atomic E-state index is -3.63. The minimum absolute atomic E-state index is 0.0706. The number of hydrogen-bond donors (Lipinski definition) is 1. The molecule has 0 aliphatic rings. The average molecular weight is 229 g/mol. The van der Waals surface area contributed by atoms with Gasteiger partial charge in [-0.25, -0.2) is 18.5 Å². The molecule has 0 atom stereocenters. The number of aromatic nitrogens is 2. The molecule has 0 spiro atoms. The van der Waals surface area contributed by atoms with Crippen LogP contribution < -0.4 is 5.14 Å².